The van der Waals surface area contributed by atoms with Crippen molar-refractivity contribution >= 4 is 17.3 Å². The number of carbonyl (C=O) groups is 1. The van der Waals surface area contributed by atoms with Gasteiger partial charge in [-0.15, -0.1) is 0 Å². The van der Waals surface area contributed by atoms with E-state index in [0.717, 1.165) is 30.0 Å². The van der Waals surface area contributed by atoms with Crippen LogP contribution in [-0.4, -0.2) is 49.2 Å². The highest BCUT2D eigenvalue weighted by Crippen LogP contribution is 2.27. The van der Waals surface area contributed by atoms with Crippen molar-refractivity contribution in [2.75, 3.05) is 43.9 Å². The quantitative estimate of drug-likeness (QED) is 0.774. The van der Waals surface area contributed by atoms with Crippen molar-refractivity contribution in [1.29, 1.82) is 0 Å². The fourth-order valence-electron chi connectivity index (χ4n) is 2.72. The number of hydrogen-bond donors (Lipinski definition) is 2. The molecule has 1 aliphatic heterocycles. The maximum absolute atomic E-state index is 11.8. The number of rotatable bonds is 6. The smallest absolute Gasteiger partial charge is 0.222 e. The Balaban J connectivity index is 1.92. The summed E-state index contributed by atoms with van der Waals surface area (Å²) < 4.78 is 0. The van der Waals surface area contributed by atoms with Gasteiger partial charge < -0.3 is 20.6 Å². The lowest BCUT2D eigenvalue weighted by Gasteiger charge is -2.20. The molecule has 0 atom stereocenters. The SMILES string of the molecule is CN(CCO)C(=O)CCc1ccc(N2CCCC2)c(N)c1. The molecular formula is C16H25N3O2. The first-order chi connectivity index (χ1) is 10.1. The Hall–Kier alpha value is -1.75. The number of benzene rings is 1. The third-order valence-electron chi connectivity index (χ3n) is 4.03. The number of anilines is 2. The third kappa shape index (κ3) is 4.11. The predicted molar refractivity (Wildman–Crippen MR) is 85.3 cm³/mol. The third-order valence-corrected chi connectivity index (χ3v) is 4.03. The minimum Gasteiger partial charge on any atom is -0.397 e. The van der Waals surface area contributed by atoms with E-state index in [4.69, 9.17) is 10.8 Å². The van der Waals surface area contributed by atoms with Crippen LogP contribution in [0.3, 0.4) is 0 Å². The number of nitrogen functional groups attached to an aromatic ring is 1. The fraction of sp³-hybridized carbons (Fsp3) is 0.562. The van der Waals surface area contributed by atoms with Crippen LogP contribution in [0.25, 0.3) is 0 Å². The monoisotopic (exact) mass is 291 g/mol. The highest BCUT2D eigenvalue weighted by molar-refractivity contribution is 5.76. The molecule has 1 aromatic carbocycles. The van der Waals surface area contributed by atoms with Crippen molar-refractivity contribution in [1.82, 2.24) is 4.90 Å². The molecular weight excluding hydrogens is 266 g/mol. The standard InChI is InChI=1S/C16H25N3O2/c1-18(10-11-20)16(21)7-5-13-4-6-15(14(17)12-13)19-8-2-3-9-19/h4,6,12,20H,2-3,5,7-11,17H2,1H3. The average Bonchev–Trinajstić information content (AvgIpc) is 2.99. The highest BCUT2D eigenvalue weighted by Gasteiger charge is 2.15. The van der Waals surface area contributed by atoms with Crippen molar-refractivity contribution in [3.63, 3.8) is 0 Å². The molecule has 0 aromatic heterocycles. The van der Waals surface area contributed by atoms with Gasteiger partial charge in [0.1, 0.15) is 0 Å². The van der Waals surface area contributed by atoms with Crippen LogP contribution >= 0.6 is 0 Å². The summed E-state index contributed by atoms with van der Waals surface area (Å²) in [7, 11) is 1.71. The van der Waals surface area contributed by atoms with E-state index < -0.39 is 0 Å². The van der Waals surface area contributed by atoms with E-state index in [1.54, 1.807) is 11.9 Å². The van der Waals surface area contributed by atoms with Crippen molar-refractivity contribution in [2.45, 2.75) is 25.7 Å². The van der Waals surface area contributed by atoms with E-state index in [9.17, 15) is 4.79 Å². The van der Waals surface area contributed by atoms with Crippen molar-refractivity contribution in [3.05, 3.63) is 23.8 Å². The molecule has 0 aliphatic carbocycles. The lowest BCUT2D eigenvalue weighted by molar-refractivity contribution is -0.130. The molecule has 5 nitrogen and oxygen atoms in total. The van der Waals surface area contributed by atoms with Crippen LogP contribution in [0.1, 0.15) is 24.8 Å². The van der Waals surface area contributed by atoms with Gasteiger partial charge in [0.15, 0.2) is 0 Å². The molecule has 0 spiro atoms. The maximum atomic E-state index is 11.8. The second-order valence-electron chi connectivity index (χ2n) is 5.63. The number of aliphatic hydroxyl groups is 1. The summed E-state index contributed by atoms with van der Waals surface area (Å²) in [4.78, 5) is 15.7. The number of aliphatic hydroxyl groups excluding tert-OH is 1. The molecule has 1 aromatic rings. The zero-order chi connectivity index (χ0) is 15.2. The van der Waals surface area contributed by atoms with Crippen molar-refractivity contribution in [3.8, 4) is 0 Å². The number of nitrogens with zero attached hydrogens (tertiary/aromatic N) is 2. The van der Waals surface area contributed by atoms with Gasteiger partial charge in [-0.05, 0) is 37.0 Å². The van der Waals surface area contributed by atoms with Gasteiger partial charge >= 0.3 is 0 Å². The molecule has 0 radical (unpaired) electrons. The fourth-order valence-corrected chi connectivity index (χ4v) is 2.72. The maximum Gasteiger partial charge on any atom is 0.222 e. The zero-order valence-corrected chi connectivity index (χ0v) is 12.7. The van der Waals surface area contributed by atoms with Gasteiger partial charge in [-0.1, -0.05) is 6.07 Å². The molecule has 1 amide bonds. The van der Waals surface area contributed by atoms with E-state index in [0.29, 0.717) is 19.4 Å². The topological polar surface area (TPSA) is 69.8 Å². The lowest BCUT2D eigenvalue weighted by Crippen LogP contribution is -2.29. The number of likely N-dealkylation sites (N-methyl/N-ethyl adjacent to an activating group) is 1. The van der Waals surface area contributed by atoms with Crippen LogP contribution in [0, 0.1) is 0 Å². The molecule has 1 saturated heterocycles. The van der Waals surface area contributed by atoms with Crippen LogP contribution in [0.2, 0.25) is 0 Å². The summed E-state index contributed by atoms with van der Waals surface area (Å²) in [5.41, 5.74) is 9.14. The van der Waals surface area contributed by atoms with Crippen LogP contribution in [-0.2, 0) is 11.2 Å². The van der Waals surface area contributed by atoms with E-state index in [1.165, 1.54) is 12.8 Å². The zero-order valence-electron chi connectivity index (χ0n) is 12.7. The van der Waals surface area contributed by atoms with Gasteiger partial charge in [0.2, 0.25) is 5.91 Å². The number of amides is 1. The van der Waals surface area contributed by atoms with Gasteiger partial charge in [0.25, 0.3) is 0 Å². The molecule has 116 valence electrons. The summed E-state index contributed by atoms with van der Waals surface area (Å²) in [6.45, 7) is 2.54. The Morgan fingerprint density at radius 3 is 2.71 bits per heavy atom. The summed E-state index contributed by atoms with van der Waals surface area (Å²) in [5.74, 6) is 0.0474. The first kappa shape index (κ1) is 15.6. The van der Waals surface area contributed by atoms with Gasteiger partial charge in [0, 0.05) is 33.1 Å². The van der Waals surface area contributed by atoms with Crippen LogP contribution < -0.4 is 10.6 Å². The van der Waals surface area contributed by atoms with E-state index in [1.807, 2.05) is 6.07 Å². The lowest BCUT2D eigenvalue weighted by atomic mass is 10.1. The molecule has 0 unspecified atom stereocenters. The Labute approximate surface area is 126 Å². The van der Waals surface area contributed by atoms with Crippen molar-refractivity contribution in [2.24, 2.45) is 0 Å². The van der Waals surface area contributed by atoms with E-state index >= 15 is 0 Å². The predicted octanol–water partition coefficient (Wildman–Crippen LogP) is 1.25. The van der Waals surface area contributed by atoms with Crippen LogP contribution in [0.15, 0.2) is 18.2 Å². The molecule has 1 fully saturated rings. The summed E-state index contributed by atoms with van der Waals surface area (Å²) in [5, 5.41) is 8.83. The number of carbonyl (C=O) groups excluding carboxylic acids is 1. The molecule has 1 aliphatic rings. The Bertz CT molecular complexity index is 484. The van der Waals surface area contributed by atoms with Gasteiger partial charge in [-0.2, -0.15) is 0 Å². The largest absolute Gasteiger partial charge is 0.397 e. The van der Waals surface area contributed by atoms with Gasteiger partial charge in [0.05, 0.1) is 18.0 Å². The second-order valence-corrected chi connectivity index (χ2v) is 5.63. The number of nitrogens with two attached hydrogens (primary N) is 1. The van der Waals surface area contributed by atoms with Crippen LogP contribution in [0.4, 0.5) is 11.4 Å². The first-order valence-corrected chi connectivity index (χ1v) is 7.60. The highest BCUT2D eigenvalue weighted by atomic mass is 16.3. The van der Waals surface area contributed by atoms with Gasteiger partial charge in [-0.3, -0.25) is 4.79 Å². The minimum atomic E-state index is -0.000278. The molecule has 1 heterocycles. The molecule has 2 rings (SSSR count). The Morgan fingerprint density at radius 2 is 2.10 bits per heavy atom. The minimum absolute atomic E-state index is 0.000278. The van der Waals surface area contributed by atoms with Crippen molar-refractivity contribution < 1.29 is 9.90 Å². The van der Waals surface area contributed by atoms with Gasteiger partial charge in [-0.25, -0.2) is 0 Å². The molecule has 5 heteroatoms. The summed E-state index contributed by atoms with van der Waals surface area (Å²) >= 11 is 0. The number of aryl methyl sites for hydroxylation is 1. The molecule has 0 bridgehead atoms. The molecule has 21 heavy (non-hydrogen) atoms. The second kappa shape index (κ2) is 7.31. The van der Waals surface area contributed by atoms with E-state index in [-0.39, 0.29) is 12.5 Å². The molecule has 3 N–H and O–H groups in total. The number of hydrogen-bond acceptors (Lipinski definition) is 4. The Morgan fingerprint density at radius 1 is 1.38 bits per heavy atom. The van der Waals surface area contributed by atoms with Crippen LogP contribution in [0.5, 0.6) is 0 Å². The molecule has 0 saturated carbocycles. The Kier molecular flexibility index (Phi) is 5.44. The summed E-state index contributed by atoms with van der Waals surface area (Å²) in [6, 6.07) is 6.11. The normalized spacial score (nSPS) is 14.5. The average molecular weight is 291 g/mol. The summed E-state index contributed by atoms with van der Waals surface area (Å²) in [6.07, 6.45) is 3.58. The first-order valence-electron chi connectivity index (χ1n) is 7.60. The van der Waals surface area contributed by atoms with E-state index in [2.05, 4.69) is 17.0 Å².